The number of likely N-dealkylation sites (tertiary alicyclic amines) is 1. The number of benzene rings is 2. The van der Waals surface area contributed by atoms with E-state index in [4.69, 9.17) is 16.3 Å². The Labute approximate surface area is 178 Å². The van der Waals surface area contributed by atoms with Crippen molar-refractivity contribution in [1.29, 1.82) is 0 Å². The quantitative estimate of drug-likeness (QED) is 0.759. The van der Waals surface area contributed by atoms with Gasteiger partial charge >= 0.3 is 0 Å². The van der Waals surface area contributed by atoms with Gasteiger partial charge in [0, 0.05) is 36.5 Å². The smallest absolute Gasteiger partial charge is 0.182 e. The molecule has 0 aromatic heterocycles. The fourth-order valence-corrected chi connectivity index (χ4v) is 5.04. The van der Waals surface area contributed by atoms with E-state index in [-0.39, 0.29) is 11.8 Å². The Hall–Kier alpha value is -2.01. The minimum Gasteiger partial charge on any atom is -0.470 e. The van der Waals surface area contributed by atoms with Gasteiger partial charge < -0.3 is 15.1 Å². The Morgan fingerprint density at radius 1 is 1.14 bits per heavy atom. The predicted octanol–water partition coefficient (Wildman–Crippen LogP) is 5.15. The number of piperidine rings is 1. The van der Waals surface area contributed by atoms with Crippen molar-refractivity contribution in [3.05, 3.63) is 70.3 Å². The molecule has 1 fully saturated rings. The second kappa shape index (κ2) is 7.35. The van der Waals surface area contributed by atoms with Crippen LogP contribution in [0.1, 0.15) is 48.9 Å². The first-order valence-corrected chi connectivity index (χ1v) is 11.0. The Kier molecular flexibility index (Phi) is 4.81. The highest BCUT2D eigenvalue weighted by Crippen LogP contribution is 2.49. The summed E-state index contributed by atoms with van der Waals surface area (Å²) >= 11 is 6.11. The van der Waals surface area contributed by atoms with Crippen LogP contribution in [-0.4, -0.2) is 35.3 Å². The lowest BCUT2D eigenvalue weighted by Gasteiger charge is -2.52. The zero-order chi connectivity index (χ0) is 20.0. The van der Waals surface area contributed by atoms with Crippen LogP contribution in [0, 0.1) is 6.92 Å². The van der Waals surface area contributed by atoms with Crippen LogP contribution in [0.15, 0.2) is 48.5 Å². The molecule has 0 radical (unpaired) electrons. The molecule has 0 saturated carbocycles. The summed E-state index contributed by atoms with van der Waals surface area (Å²) in [5, 5.41) is 3.12. The number of ether oxygens (including phenoxy) is 1. The second-order valence-corrected chi connectivity index (χ2v) is 8.83. The summed E-state index contributed by atoms with van der Waals surface area (Å²) in [5.41, 5.74) is 8.11. The maximum absolute atomic E-state index is 6.82. The lowest BCUT2D eigenvalue weighted by Crippen LogP contribution is -2.63. The van der Waals surface area contributed by atoms with E-state index in [2.05, 4.69) is 65.6 Å². The maximum Gasteiger partial charge on any atom is 0.182 e. The molecule has 5 rings (SSSR count). The Bertz CT molecular complexity index is 932. The topological polar surface area (TPSA) is 27.7 Å². The van der Waals surface area contributed by atoms with E-state index in [1.807, 2.05) is 12.1 Å². The summed E-state index contributed by atoms with van der Waals surface area (Å²) < 4.78 is 6.82. The number of hydrogen-bond donors (Lipinski definition) is 1. The predicted molar refractivity (Wildman–Crippen MR) is 118 cm³/mol. The molecule has 0 aliphatic carbocycles. The minimum absolute atomic E-state index is 0.169. The largest absolute Gasteiger partial charge is 0.470 e. The third-order valence-electron chi connectivity index (χ3n) is 6.47. The van der Waals surface area contributed by atoms with Gasteiger partial charge in [0.2, 0.25) is 0 Å². The van der Waals surface area contributed by atoms with Crippen LogP contribution in [0.3, 0.4) is 0 Å². The van der Waals surface area contributed by atoms with E-state index in [0.717, 1.165) is 54.5 Å². The maximum atomic E-state index is 6.82. The van der Waals surface area contributed by atoms with Crippen LogP contribution in [0.5, 0.6) is 5.75 Å². The van der Waals surface area contributed by atoms with Gasteiger partial charge in [0.05, 0.1) is 11.7 Å². The lowest BCUT2D eigenvalue weighted by atomic mass is 9.91. The number of para-hydroxylation sites is 1. The molecule has 29 heavy (non-hydrogen) atoms. The molecule has 2 aromatic carbocycles. The van der Waals surface area contributed by atoms with Crippen LogP contribution >= 0.6 is 11.6 Å². The molecule has 3 heterocycles. The van der Waals surface area contributed by atoms with Crippen molar-refractivity contribution < 1.29 is 4.74 Å². The van der Waals surface area contributed by atoms with Crippen molar-refractivity contribution in [2.75, 3.05) is 19.6 Å². The highest BCUT2D eigenvalue weighted by atomic mass is 35.5. The average molecular weight is 410 g/mol. The molecule has 1 saturated heterocycles. The van der Waals surface area contributed by atoms with Gasteiger partial charge in [0.1, 0.15) is 5.75 Å². The molecule has 3 aliphatic heterocycles. The number of nitrogens with one attached hydrogen (secondary N) is 1. The van der Waals surface area contributed by atoms with Gasteiger partial charge in [0.15, 0.2) is 5.72 Å². The first kappa shape index (κ1) is 19.0. The van der Waals surface area contributed by atoms with Crippen LogP contribution in [0.4, 0.5) is 0 Å². The number of aryl methyl sites for hydroxylation is 1. The summed E-state index contributed by atoms with van der Waals surface area (Å²) in [6.45, 7) is 7.70. The van der Waals surface area contributed by atoms with Crippen LogP contribution in [0.2, 0.25) is 5.02 Å². The van der Waals surface area contributed by atoms with Crippen LogP contribution in [0.25, 0.3) is 5.70 Å². The Morgan fingerprint density at radius 3 is 2.62 bits per heavy atom. The van der Waals surface area contributed by atoms with E-state index in [1.165, 1.54) is 17.5 Å². The van der Waals surface area contributed by atoms with Crippen molar-refractivity contribution in [2.45, 2.75) is 44.9 Å². The fourth-order valence-electron chi connectivity index (χ4n) is 4.92. The molecule has 1 N–H and O–H groups in total. The summed E-state index contributed by atoms with van der Waals surface area (Å²) in [6.07, 6.45) is 5.52. The highest BCUT2D eigenvalue weighted by molar-refractivity contribution is 6.30. The molecular formula is C24H28ClN3O. The monoisotopic (exact) mass is 409 g/mol. The normalized spacial score (nSPS) is 23.1. The molecule has 0 bridgehead atoms. The van der Waals surface area contributed by atoms with Gasteiger partial charge in [-0.1, -0.05) is 48.9 Å². The minimum atomic E-state index is -0.321. The van der Waals surface area contributed by atoms with E-state index in [9.17, 15) is 0 Å². The van der Waals surface area contributed by atoms with E-state index < -0.39 is 0 Å². The molecular weight excluding hydrogens is 382 g/mol. The van der Waals surface area contributed by atoms with Crippen molar-refractivity contribution in [3.63, 3.8) is 0 Å². The number of rotatable bonds is 3. The zero-order valence-corrected chi connectivity index (χ0v) is 17.9. The molecule has 1 spiro atoms. The molecule has 3 aliphatic rings. The fraction of sp³-hybridized carbons (Fsp3) is 0.417. The molecule has 0 amide bonds. The standard InChI is InChI=1S/C24H28ClN3O/c1-3-13-27-14-11-24(12-15-27)28-22(20-6-4-5-17(2)23(20)29-24)16-21(26-28)18-7-9-19(25)10-8-18/h4-10,16,22,26H,3,11-15H2,1-2H3/t22-/m1/s1. The van der Waals surface area contributed by atoms with Gasteiger partial charge in [-0.2, -0.15) is 5.01 Å². The van der Waals surface area contributed by atoms with Gasteiger partial charge in [-0.3, -0.25) is 0 Å². The Balaban J connectivity index is 1.52. The molecule has 152 valence electrons. The first-order valence-electron chi connectivity index (χ1n) is 10.6. The van der Waals surface area contributed by atoms with Gasteiger partial charge in [0.25, 0.3) is 0 Å². The zero-order valence-electron chi connectivity index (χ0n) is 17.1. The lowest BCUT2D eigenvalue weighted by molar-refractivity contribution is -0.159. The number of nitrogens with zero attached hydrogens (tertiary/aromatic N) is 2. The molecule has 0 unspecified atom stereocenters. The molecule has 5 heteroatoms. The van der Waals surface area contributed by atoms with Crippen LogP contribution in [-0.2, 0) is 0 Å². The second-order valence-electron chi connectivity index (χ2n) is 8.40. The summed E-state index contributed by atoms with van der Waals surface area (Å²) in [6, 6.07) is 14.7. The van der Waals surface area contributed by atoms with E-state index in [1.54, 1.807) is 0 Å². The summed E-state index contributed by atoms with van der Waals surface area (Å²) in [7, 11) is 0. The first-order chi connectivity index (χ1) is 14.1. The molecule has 2 aromatic rings. The number of hydrogen-bond acceptors (Lipinski definition) is 4. The van der Waals surface area contributed by atoms with Gasteiger partial charge in [-0.05, 0) is 49.2 Å². The third-order valence-corrected chi connectivity index (χ3v) is 6.72. The summed E-state index contributed by atoms with van der Waals surface area (Å²) in [5.74, 6) is 1.06. The van der Waals surface area contributed by atoms with Crippen molar-refractivity contribution in [3.8, 4) is 5.75 Å². The highest BCUT2D eigenvalue weighted by Gasteiger charge is 2.51. The number of halogens is 1. The SMILES string of the molecule is CCCN1CCC2(CC1)Oc1c(C)cccc1[C@H]1C=C(c3ccc(Cl)cc3)NN12. The van der Waals surface area contributed by atoms with Crippen molar-refractivity contribution in [2.24, 2.45) is 0 Å². The Morgan fingerprint density at radius 2 is 1.90 bits per heavy atom. The van der Waals surface area contributed by atoms with Crippen molar-refractivity contribution in [1.82, 2.24) is 15.3 Å². The van der Waals surface area contributed by atoms with Gasteiger partial charge in [-0.25, -0.2) is 0 Å². The summed E-state index contributed by atoms with van der Waals surface area (Å²) in [4.78, 5) is 2.56. The van der Waals surface area contributed by atoms with E-state index >= 15 is 0 Å². The number of fused-ring (bicyclic) bond motifs is 4. The molecule has 4 nitrogen and oxygen atoms in total. The third kappa shape index (κ3) is 3.24. The van der Waals surface area contributed by atoms with E-state index in [0.29, 0.717) is 0 Å². The molecule has 1 atom stereocenters. The average Bonchev–Trinajstić information content (AvgIpc) is 3.18. The van der Waals surface area contributed by atoms with Gasteiger partial charge in [-0.15, -0.1) is 0 Å². The van der Waals surface area contributed by atoms with Crippen molar-refractivity contribution >= 4 is 17.3 Å². The van der Waals surface area contributed by atoms with Crippen LogP contribution < -0.4 is 10.2 Å². The number of hydrazine groups is 1.